The van der Waals surface area contributed by atoms with Crippen LogP contribution in [0, 0.1) is 0 Å². The van der Waals surface area contributed by atoms with Crippen molar-refractivity contribution in [1.29, 1.82) is 0 Å². The molecule has 2 saturated carbocycles. The highest BCUT2D eigenvalue weighted by Gasteiger charge is 2.41. The first-order chi connectivity index (χ1) is 13.1. The largest absolute Gasteiger partial charge is 0.493 e. The molecular formula is C21H25NO5. The molecule has 0 unspecified atom stereocenters. The first-order valence-electron chi connectivity index (χ1n) is 9.69. The monoisotopic (exact) mass is 371 g/mol. The molecule has 144 valence electrons. The second-order valence-corrected chi connectivity index (χ2v) is 7.32. The molecule has 0 aliphatic heterocycles. The fourth-order valence-electron chi connectivity index (χ4n) is 3.89. The molecule has 0 bridgehead atoms. The van der Waals surface area contributed by atoms with Crippen LogP contribution in [0.25, 0.3) is 0 Å². The van der Waals surface area contributed by atoms with Crippen LogP contribution >= 0.6 is 0 Å². The quantitative estimate of drug-likeness (QED) is 0.719. The second kappa shape index (κ2) is 7.25. The van der Waals surface area contributed by atoms with Gasteiger partial charge in [-0.25, -0.2) is 0 Å². The van der Waals surface area contributed by atoms with E-state index in [9.17, 15) is 9.59 Å². The average molecular weight is 371 g/mol. The number of nitrogens with one attached hydrogen (secondary N) is 1. The minimum Gasteiger partial charge on any atom is -0.493 e. The third kappa shape index (κ3) is 3.40. The highest BCUT2D eigenvalue weighted by Crippen LogP contribution is 2.46. The fraction of sp³-hybridized carbons (Fsp3) is 0.524. The summed E-state index contributed by atoms with van der Waals surface area (Å²) in [6.45, 7) is 2.16. The fourth-order valence-corrected chi connectivity index (χ4v) is 3.89. The molecule has 6 heteroatoms. The third-order valence-corrected chi connectivity index (χ3v) is 5.49. The summed E-state index contributed by atoms with van der Waals surface area (Å²) in [5.41, 5.74) is 0.459. The number of methoxy groups -OCH3 is 1. The van der Waals surface area contributed by atoms with Crippen molar-refractivity contribution in [3.8, 4) is 17.2 Å². The van der Waals surface area contributed by atoms with E-state index >= 15 is 0 Å². The predicted octanol–water partition coefficient (Wildman–Crippen LogP) is 2.98. The van der Waals surface area contributed by atoms with Crippen LogP contribution in [0.15, 0.2) is 27.8 Å². The normalized spacial score (nSPS) is 22.0. The van der Waals surface area contributed by atoms with Gasteiger partial charge in [-0.05, 0) is 56.7 Å². The van der Waals surface area contributed by atoms with E-state index in [-0.39, 0.29) is 23.8 Å². The predicted molar refractivity (Wildman–Crippen MR) is 103 cm³/mol. The molecule has 0 saturated heterocycles. The molecule has 0 aromatic heterocycles. The van der Waals surface area contributed by atoms with E-state index in [0.717, 1.165) is 36.3 Å². The van der Waals surface area contributed by atoms with Gasteiger partial charge in [0.2, 0.25) is 0 Å². The van der Waals surface area contributed by atoms with Gasteiger partial charge in [0.25, 0.3) is 10.9 Å². The third-order valence-electron chi connectivity index (χ3n) is 5.49. The zero-order chi connectivity index (χ0) is 19.0. The Balaban J connectivity index is 1.46. The molecule has 0 amide bonds. The Kier molecular flexibility index (Phi) is 4.81. The van der Waals surface area contributed by atoms with Gasteiger partial charge in [-0.1, -0.05) is 6.07 Å². The van der Waals surface area contributed by atoms with Crippen LogP contribution < -0.4 is 30.4 Å². The van der Waals surface area contributed by atoms with E-state index in [1.807, 2.05) is 12.1 Å². The summed E-state index contributed by atoms with van der Waals surface area (Å²) < 4.78 is 16.9. The van der Waals surface area contributed by atoms with Crippen molar-refractivity contribution >= 4 is 5.69 Å². The van der Waals surface area contributed by atoms with Gasteiger partial charge in [0, 0.05) is 12.0 Å². The topological polar surface area (TPSA) is 73.9 Å². The molecule has 0 spiro atoms. The molecule has 2 fully saturated rings. The Hall–Kier alpha value is -2.50. The summed E-state index contributed by atoms with van der Waals surface area (Å²) in [5, 5.41) is 3.19. The van der Waals surface area contributed by atoms with Crippen LogP contribution in [0.1, 0.15) is 50.5 Å². The van der Waals surface area contributed by atoms with E-state index in [0.29, 0.717) is 12.3 Å². The minimum atomic E-state index is -0.534. The van der Waals surface area contributed by atoms with Gasteiger partial charge in [-0.15, -0.1) is 0 Å². The molecule has 2 aromatic rings. The maximum atomic E-state index is 11.8. The van der Waals surface area contributed by atoms with Gasteiger partial charge in [0.1, 0.15) is 5.69 Å². The van der Waals surface area contributed by atoms with Crippen LogP contribution in [0.3, 0.4) is 0 Å². The van der Waals surface area contributed by atoms with Crippen molar-refractivity contribution in [3.63, 3.8) is 0 Å². The van der Waals surface area contributed by atoms with Crippen molar-refractivity contribution in [2.45, 2.75) is 57.1 Å². The molecule has 4 rings (SSSR count). The summed E-state index contributed by atoms with van der Waals surface area (Å²) >= 11 is 0. The molecule has 2 aliphatic rings. The lowest BCUT2D eigenvalue weighted by Crippen LogP contribution is -2.36. The van der Waals surface area contributed by atoms with Gasteiger partial charge in [0.05, 0.1) is 19.8 Å². The zero-order valence-corrected chi connectivity index (χ0v) is 15.7. The van der Waals surface area contributed by atoms with Crippen LogP contribution in [-0.2, 0) is 0 Å². The van der Waals surface area contributed by atoms with Crippen molar-refractivity contribution in [2.75, 3.05) is 19.0 Å². The van der Waals surface area contributed by atoms with Crippen LogP contribution in [0.5, 0.6) is 17.2 Å². The minimum absolute atomic E-state index is 0.125. The zero-order valence-electron chi connectivity index (χ0n) is 15.7. The standard InChI is InChI=1S/C21H25NO5/c1-3-26-21-18(19(23)20(21)24)22-15-11-14(15)12-8-9-16(25-2)17(10-12)27-13-6-4-5-7-13/h8-10,13-15,22H,3-7,11H2,1-2H3/t14-,15+/m0/s1. The van der Waals surface area contributed by atoms with E-state index in [1.165, 1.54) is 12.8 Å². The molecule has 27 heavy (non-hydrogen) atoms. The lowest BCUT2D eigenvalue weighted by atomic mass is 10.1. The number of anilines is 1. The lowest BCUT2D eigenvalue weighted by Gasteiger charge is -2.17. The van der Waals surface area contributed by atoms with Gasteiger partial charge >= 0.3 is 0 Å². The van der Waals surface area contributed by atoms with Crippen LogP contribution in [-0.4, -0.2) is 25.9 Å². The van der Waals surface area contributed by atoms with E-state index in [2.05, 4.69) is 11.4 Å². The highest BCUT2D eigenvalue weighted by molar-refractivity contribution is 5.63. The van der Waals surface area contributed by atoms with Gasteiger partial charge in [0.15, 0.2) is 17.2 Å². The van der Waals surface area contributed by atoms with Crippen LogP contribution in [0.4, 0.5) is 5.69 Å². The van der Waals surface area contributed by atoms with E-state index < -0.39 is 10.9 Å². The second-order valence-electron chi connectivity index (χ2n) is 7.32. The Morgan fingerprint density at radius 3 is 2.59 bits per heavy atom. The number of rotatable bonds is 8. The van der Waals surface area contributed by atoms with Gasteiger partial charge in [-0.2, -0.15) is 0 Å². The molecule has 2 aliphatic carbocycles. The SMILES string of the molecule is CCOc1c(N[C@@H]2C[C@H]2c2ccc(OC)c(OC3CCCC3)c2)c(=O)c1=O. The Labute approximate surface area is 158 Å². The molecule has 6 nitrogen and oxygen atoms in total. The number of benzene rings is 1. The van der Waals surface area contributed by atoms with Crippen molar-refractivity contribution in [3.05, 3.63) is 44.2 Å². The smallest absolute Gasteiger partial charge is 0.272 e. The summed E-state index contributed by atoms with van der Waals surface area (Å²) in [5.74, 6) is 1.99. The van der Waals surface area contributed by atoms with Crippen molar-refractivity contribution in [2.24, 2.45) is 0 Å². The first-order valence-corrected chi connectivity index (χ1v) is 9.69. The summed E-state index contributed by atoms with van der Waals surface area (Å²) in [6.07, 6.45) is 5.77. The number of hydrogen-bond donors (Lipinski definition) is 1. The van der Waals surface area contributed by atoms with Crippen molar-refractivity contribution in [1.82, 2.24) is 0 Å². The van der Waals surface area contributed by atoms with Gasteiger partial charge in [-0.3, -0.25) is 9.59 Å². The molecule has 0 heterocycles. The highest BCUT2D eigenvalue weighted by atomic mass is 16.5. The van der Waals surface area contributed by atoms with Crippen LogP contribution in [0.2, 0.25) is 0 Å². The molecule has 0 radical (unpaired) electrons. The number of hydrogen-bond acceptors (Lipinski definition) is 6. The summed E-state index contributed by atoms with van der Waals surface area (Å²) in [4.78, 5) is 23.4. The maximum absolute atomic E-state index is 11.8. The maximum Gasteiger partial charge on any atom is 0.272 e. The lowest BCUT2D eigenvalue weighted by molar-refractivity contribution is 0.200. The first kappa shape index (κ1) is 17.9. The Bertz CT molecular complexity index is 893. The van der Waals surface area contributed by atoms with E-state index in [4.69, 9.17) is 14.2 Å². The molecular weight excluding hydrogens is 346 g/mol. The summed E-state index contributed by atoms with van der Waals surface area (Å²) in [7, 11) is 1.65. The van der Waals surface area contributed by atoms with Gasteiger partial charge < -0.3 is 19.5 Å². The van der Waals surface area contributed by atoms with Crippen molar-refractivity contribution < 1.29 is 14.2 Å². The Morgan fingerprint density at radius 2 is 1.89 bits per heavy atom. The molecule has 2 aromatic carbocycles. The average Bonchev–Trinajstić information content (AvgIpc) is 3.28. The molecule has 1 N–H and O–H groups in total. The van der Waals surface area contributed by atoms with E-state index in [1.54, 1.807) is 14.0 Å². The Morgan fingerprint density at radius 1 is 1.11 bits per heavy atom. The molecule has 2 atom stereocenters. The number of ether oxygens (including phenoxy) is 3. The summed E-state index contributed by atoms with van der Waals surface area (Å²) in [6, 6.07) is 6.16.